The number of nitrogens with zero attached hydrogens (tertiary/aromatic N) is 5. The Labute approximate surface area is 168 Å². The van der Waals surface area contributed by atoms with Crippen molar-refractivity contribution >= 4 is 22.6 Å². The Morgan fingerprint density at radius 3 is 2.68 bits per heavy atom. The molecule has 9 heteroatoms. The van der Waals surface area contributed by atoms with Crippen LogP contribution < -0.4 is 10.2 Å². The van der Waals surface area contributed by atoms with Gasteiger partial charge in [0.25, 0.3) is 0 Å². The molecule has 1 aliphatic heterocycles. The molecule has 152 valence electrons. The minimum absolute atomic E-state index is 0.354. The van der Waals surface area contributed by atoms with Gasteiger partial charge < -0.3 is 15.1 Å². The Morgan fingerprint density at radius 2 is 2.00 bits per heavy atom. The van der Waals surface area contributed by atoms with Gasteiger partial charge >= 0.3 is 0 Å². The first-order valence-electron chi connectivity index (χ1n) is 9.66. The zero-order chi connectivity index (χ0) is 19.9. The number of nitrogens with one attached hydrogen (secondary N) is 1. The molecule has 1 aliphatic rings. The van der Waals surface area contributed by atoms with Gasteiger partial charge in [-0.05, 0) is 25.0 Å². The number of hydrogen-bond acceptors (Lipinski definition) is 5. The average Bonchev–Trinajstić information content (AvgIpc) is 3.20. The van der Waals surface area contributed by atoms with Crippen LogP contribution in [0.5, 0.6) is 0 Å². The van der Waals surface area contributed by atoms with E-state index < -0.39 is 11.6 Å². The molecular weight excluding hydrogens is 382 g/mol. The molecule has 2 aromatic rings. The van der Waals surface area contributed by atoms with Crippen LogP contribution in [-0.2, 0) is 12.8 Å². The van der Waals surface area contributed by atoms with Crippen LogP contribution in [0.15, 0.2) is 23.2 Å². The average molecular weight is 409 g/mol. The number of aryl methyl sites for hydroxylation is 1. The van der Waals surface area contributed by atoms with Gasteiger partial charge in [-0.3, -0.25) is 4.99 Å². The summed E-state index contributed by atoms with van der Waals surface area (Å²) in [7, 11) is 0. The van der Waals surface area contributed by atoms with Crippen LogP contribution >= 0.6 is 11.5 Å². The van der Waals surface area contributed by atoms with E-state index in [0.717, 1.165) is 62.1 Å². The predicted molar refractivity (Wildman–Crippen MR) is 109 cm³/mol. The highest BCUT2D eigenvalue weighted by Gasteiger charge is 2.22. The monoisotopic (exact) mass is 408 g/mol. The molecule has 0 spiro atoms. The van der Waals surface area contributed by atoms with E-state index >= 15 is 0 Å². The maximum Gasteiger partial charge on any atom is 0.205 e. The summed E-state index contributed by atoms with van der Waals surface area (Å²) < 4.78 is 31.5. The normalized spacial score (nSPS) is 15.2. The Bertz CT molecular complexity index is 801. The van der Waals surface area contributed by atoms with Gasteiger partial charge in [0.1, 0.15) is 5.82 Å². The number of halogens is 2. The smallest absolute Gasteiger partial charge is 0.205 e. The number of aliphatic imine (C=N–C) groups is 1. The first-order chi connectivity index (χ1) is 13.6. The van der Waals surface area contributed by atoms with Crippen molar-refractivity contribution in [1.82, 2.24) is 19.6 Å². The van der Waals surface area contributed by atoms with Crippen LogP contribution in [0.1, 0.15) is 25.2 Å². The van der Waals surface area contributed by atoms with E-state index in [-0.39, 0.29) is 0 Å². The van der Waals surface area contributed by atoms with Crippen molar-refractivity contribution in [3.63, 3.8) is 0 Å². The summed E-state index contributed by atoms with van der Waals surface area (Å²) in [6.07, 6.45) is 1.21. The summed E-state index contributed by atoms with van der Waals surface area (Å²) in [4.78, 5) is 13.6. The van der Waals surface area contributed by atoms with E-state index in [1.807, 2.05) is 6.92 Å². The van der Waals surface area contributed by atoms with Crippen molar-refractivity contribution in [3.05, 3.63) is 41.2 Å². The number of rotatable bonds is 6. The minimum atomic E-state index is -0.813. The molecule has 0 radical (unpaired) electrons. The first kappa shape index (κ1) is 20.4. The van der Waals surface area contributed by atoms with Crippen LogP contribution in [0, 0.1) is 11.6 Å². The van der Waals surface area contributed by atoms with Crippen LogP contribution in [0.3, 0.4) is 0 Å². The van der Waals surface area contributed by atoms with Gasteiger partial charge in [-0.15, -0.1) is 0 Å². The molecule has 0 bridgehead atoms. The lowest BCUT2D eigenvalue weighted by Gasteiger charge is -2.36. The molecule has 2 heterocycles. The fourth-order valence-corrected chi connectivity index (χ4v) is 3.88. The molecule has 1 aromatic carbocycles. The van der Waals surface area contributed by atoms with Crippen molar-refractivity contribution in [1.29, 1.82) is 0 Å². The molecule has 3 rings (SSSR count). The third-order valence-electron chi connectivity index (χ3n) is 4.63. The van der Waals surface area contributed by atoms with Gasteiger partial charge in [0, 0.05) is 57.2 Å². The molecule has 1 fully saturated rings. The lowest BCUT2D eigenvalue weighted by Crippen LogP contribution is -2.52. The molecule has 0 saturated carbocycles. The first-order valence-corrected chi connectivity index (χ1v) is 10.4. The lowest BCUT2D eigenvalue weighted by molar-refractivity contribution is 0.372. The summed E-state index contributed by atoms with van der Waals surface area (Å²) in [5, 5.41) is 4.27. The highest BCUT2D eigenvalue weighted by molar-refractivity contribution is 7.09. The fourth-order valence-electron chi connectivity index (χ4n) is 3.08. The molecule has 0 amide bonds. The second-order valence-electron chi connectivity index (χ2n) is 6.52. The minimum Gasteiger partial charge on any atom is -0.357 e. The Hall–Kier alpha value is -2.29. The SMILES string of the molecule is CCNC(=NCCc1cccc(F)c1F)N1CCN(c2nc(CC)ns2)CC1. The van der Waals surface area contributed by atoms with E-state index in [0.29, 0.717) is 18.5 Å². The van der Waals surface area contributed by atoms with Crippen LogP contribution in [0.25, 0.3) is 0 Å². The topological polar surface area (TPSA) is 56.7 Å². The number of benzene rings is 1. The number of piperazine rings is 1. The summed E-state index contributed by atoms with van der Waals surface area (Å²) >= 11 is 1.45. The molecule has 1 saturated heterocycles. The number of aromatic nitrogens is 2. The second kappa shape index (κ2) is 9.77. The van der Waals surface area contributed by atoms with Crippen molar-refractivity contribution in [2.75, 3.05) is 44.2 Å². The summed E-state index contributed by atoms with van der Waals surface area (Å²) in [6, 6.07) is 4.26. The van der Waals surface area contributed by atoms with Gasteiger partial charge in [-0.25, -0.2) is 13.8 Å². The zero-order valence-corrected chi connectivity index (χ0v) is 17.1. The molecule has 0 atom stereocenters. The number of guanidine groups is 1. The maximum atomic E-state index is 13.8. The van der Waals surface area contributed by atoms with Crippen LogP contribution in [0.4, 0.5) is 13.9 Å². The molecule has 0 unspecified atom stereocenters. The zero-order valence-electron chi connectivity index (χ0n) is 16.3. The van der Waals surface area contributed by atoms with E-state index in [1.165, 1.54) is 17.6 Å². The van der Waals surface area contributed by atoms with E-state index in [4.69, 9.17) is 0 Å². The molecule has 28 heavy (non-hydrogen) atoms. The summed E-state index contributed by atoms with van der Waals surface area (Å²) in [5.41, 5.74) is 0.354. The lowest BCUT2D eigenvalue weighted by atomic mass is 10.1. The van der Waals surface area contributed by atoms with Crippen molar-refractivity contribution in [2.45, 2.75) is 26.7 Å². The summed E-state index contributed by atoms with van der Waals surface area (Å²) in [5.74, 6) is 0.111. The fraction of sp³-hybridized carbons (Fsp3) is 0.526. The standard InChI is InChI=1S/C19H26F2N6S/c1-3-16-24-19(28-25-16)27-12-10-26(11-13-27)18(22-4-2)23-9-8-14-6-5-7-15(20)17(14)21/h5-7H,3-4,8-13H2,1-2H3,(H,22,23). The van der Waals surface area contributed by atoms with Gasteiger partial charge in [0.15, 0.2) is 17.6 Å². The van der Waals surface area contributed by atoms with Crippen LogP contribution in [-0.4, -0.2) is 59.5 Å². The van der Waals surface area contributed by atoms with E-state index in [1.54, 1.807) is 6.07 Å². The molecule has 1 N–H and O–H groups in total. The number of hydrogen-bond donors (Lipinski definition) is 1. The third-order valence-corrected chi connectivity index (χ3v) is 5.45. The molecule has 1 aromatic heterocycles. The largest absolute Gasteiger partial charge is 0.357 e. The predicted octanol–water partition coefficient (Wildman–Crippen LogP) is 2.71. The van der Waals surface area contributed by atoms with Crippen molar-refractivity contribution in [2.24, 2.45) is 4.99 Å². The highest BCUT2D eigenvalue weighted by atomic mass is 32.1. The second-order valence-corrected chi connectivity index (χ2v) is 7.25. The molecule has 6 nitrogen and oxygen atoms in total. The van der Waals surface area contributed by atoms with E-state index in [9.17, 15) is 8.78 Å². The number of anilines is 1. The third kappa shape index (κ3) is 4.95. The van der Waals surface area contributed by atoms with Gasteiger partial charge in [-0.2, -0.15) is 4.37 Å². The van der Waals surface area contributed by atoms with Crippen LogP contribution in [0.2, 0.25) is 0 Å². The quantitative estimate of drug-likeness (QED) is 0.588. The van der Waals surface area contributed by atoms with Gasteiger partial charge in [0.2, 0.25) is 5.13 Å². The Morgan fingerprint density at radius 1 is 1.21 bits per heavy atom. The van der Waals surface area contributed by atoms with E-state index in [2.05, 4.69) is 36.4 Å². The highest BCUT2D eigenvalue weighted by Crippen LogP contribution is 2.19. The maximum absolute atomic E-state index is 13.8. The molecular formula is C19H26F2N6S. The van der Waals surface area contributed by atoms with Gasteiger partial charge in [-0.1, -0.05) is 19.1 Å². The Balaban J connectivity index is 1.58. The van der Waals surface area contributed by atoms with Crippen molar-refractivity contribution in [3.8, 4) is 0 Å². The van der Waals surface area contributed by atoms with Crippen molar-refractivity contribution < 1.29 is 8.78 Å². The summed E-state index contributed by atoms with van der Waals surface area (Å²) in [6.45, 7) is 8.57. The molecule has 0 aliphatic carbocycles. The Kier molecular flexibility index (Phi) is 7.13. The van der Waals surface area contributed by atoms with Gasteiger partial charge in [0.05, 0.1) is 0 Å².